The average Bonchev–Trinajstić information content (AvgIpc) is 3.21. The lowest BCUT2D eigenvalue weighted by Crippen LogP contribution is -2.62. The molecule has 0 saturated heterocycles. The van der Waals surface area contributed by atoms with Gasteiger partial charge in [-0.1, -0.05) is 41.5 Å². The average molecular weight is 961 g/mol. The van der Waals surface area contributed by atoms with E-state index >= 15 is 0 Å². The summed E-state index contributed by atoms with van der Waals surface area (Å²) in [5.41, 5.74) is 11.6. The molecule has 0 aliphatic carbocycles. The second-order valence-electron chi connectivity index (χ2n) is 17.8. The fourth-order valence-electron chi connectivity index (χ4n) is 6.46. The number of carbonyl (C=O) groups is 10. The van der Waals surface area contributed by atoms with E-state index in [9.17, 15) is 68.4 Å². The minimum absolute atomic E-state index is 0.00290. The van der Waals surface area contributed by atoms with E-state index in [-0.39, 0.29) is 56.4 Å². The number of carboxylic acid groups (broad SMARTS) is 2. The topological polar surface area (TPSA) is 420 Å². The van der Waals surface area contributed by atoms with Crippen LogP contribution in [0.1, 0.15) is 107 Å². The number of nitrogens with one attached hydrogen (secondary N) is 8. The first-order valence-electron chi connectivity index (χ1n) is 22.4. The third-order valence-corrected chi connectivity index (χ3v) is 9.96. The number of hydrogen-bond donors (Lipinski definition) is 15. The zero-order chi connectivity index (χ0) is 51.7. The summed E-state index contributed by atoms with van der Waals surface area (Å²) in [6.07, 6.45) is -3.47. The zero-order valence-electron chi connectivity index (χ0n) is 39.8. The van der Waals surface area contributed by atoms with Crippen LogP contribution in [-0.2, 0) is 47.9 Å². The Morgan fingerprint density at radius 2 is 0.851 bits per heavy atom. The molecule has 0 heterocycles. The molecule has 0 radical (unpaired) electrons. The first kappa shape index (κ1) is 61.5. The Kier molecular flexibility index (Phi) is 28.9. The Morgan fingerprint density at radius 3 is 1.30 bits per heavy atom. The number of hydrogen-bond acceptors (Lipinski definition) is 15. The summed E-state index contributed by atoms with van der Waals surface area (Å²) in [6.45, 7) is 11.4. The maximum Gasteiger partial charge on any atom is 0.322 e. The van der Waals surface area contributed by atoms with Crippen molar-refractivity contribution in [2.45, 2.75) is 167 Å². The molecule has 8 amide bonds. The van der Waals surface area contributed by atoms with Gasteiger partial charge in [0.15, 0.2) is 0 Å². The number of rotatable bonds is 33. The standard InChI is InChI=1S/C42H76N10O15/c1-20(2)15-25(44)35(60)51-33(23(7)54)42(67)49-29(17-22(5)6)39(64)50-30(19-53)40(65)46-26(11-9-10-14-43)38(63)52-34(24(8)55)41(66)47-27(12-13-31(56)57)37(62)48-28(16-21(3)4)36(61)45-18-32(58)59/h20-30,33-34,53-55H,9-19,43-44H2,1-8H3,(H,45,61)(H,46,65)(H,47,66)(H,48,62)(H,49,67)(H,50,64)(H,51,60)(H,52,63)(H,56,57)(H,58,59)/t23-,24-,25+,26+,27+,28+,29+,30+,33+,34+/m1/s1. The SMILES string of the molecule is CC(C)C[C@H](NC(=O)[C@H](CCC(=O)O)NC(=O)[C@@H](NC(=O)[C@H](CCCCN)NC(=O)[C@H](CO)NC(=O)[C@H](CC(C)C)NC(=O)[C@@H](NC(=O)[C@@H](N)CC(C)C)[C@@H](C)O)[C@@H](C)O)C(=O)NCC(=O)O. The van der Waals surface area contributed by atoms with E-state index in [1.807, 2.05) is 13.8 Å². The van der Waals surface area contributed by atoms with E-state index in [4.69, 9.17) is 16.6 Å². The molecule has 17 N–H and O–H groups in total. The summed E-state index contributed by atoms with van der Waals surface area (Å²) in [7, 11) is 0. The molecule has 0 bridgehead atoms. The Morgan fingerprint density at radius 1 is 0.463 bits per heavy atom. The first-order chi connectivity index (χ1) is 31.1. The summed E-state index contributed by atoms with van der Waals surface area (Å²) in [6, 6.07) is -11.9. The van der Waals surface area contributed by atoms with Gasteiger partial charge in [0, 0.05) is 6.42 Å². The number of aliphatic hydroxyl groups excluding tert-OH is 3. The van der Waals surface area contributed by atoms with Gasteiger partial charge in [-0.05, 0) is 83.1 Å². The van der Waals surface area contributed by atoms with Crippen LogP contribution in [0, 0.1) is 17.8 Å². The molecule has 0 aromatic heterocycles. The van der Waals surface area contributed by atoms with Crippen molar-refractivity contribution in [1.29, 1.82) is 0 Å². The summed E-state index contributed by atoms with van der Waals surface area (Å²) >= 11 is 0. The van der Waals surface area contributed by atoms with Crippen LogP contribution in [0.25, 0.3) is 0 Å². The van der Waals surface area contributed by atoms with Crippen molar-refractivity contribution in [3.05, 3.63) is 0 Å². The molecule has 0 aliphatic rings. The maximum absolute atomic E-state index is 13.8. The fourth-order valence-corrected chi connectivity index (χ4v) is 6.46. The highest BCUT2D eigenvalue weighted by molar-refractivity contribution is 5.98. The number of aliphatic hydroxyl groups is 3. The predicted molar refractivity (Wildman–Crippen MR) is 241 cm³/mol. The smallest absolute Gasteiger partial charge is 0.322 e. The van der Waals surface area contributed by atoms with E-state index in [2.05, 4.69) is 42.5 Å². The Labute approximate surface area is 390 Å². The van der Waals surface area contributed by atoms with Gasteiger partial charge in [-0.25, -0.2) is 0 Å². The molecule has 0 fully saturated rings. The van der Waals surface area contributed by atoms with E-state index in [1.54, 1.807) is 27.7 Å². The summed E-state index contributed by atoms with van der Waals surface area (Å²) in [4.78, 5) is 129. The minimum Gasteiger partial charge on any atom is -0.481 e. The van der Waals surface area contributed by atoms with Gasteiger partial charge in [0.25, 0.3) is 0 Å². The molecule has 67 heavy (non-hydrogen) atoms. The number of amides is 8. The molecular formula is C42H76N10O15. The van der Waals surface area contributed by atoms with Crippen LogP contribution in [0.15, 0.2) is 0 Å². The van der Waals surface area contributed by atoms with Gasteiger partial charge in [-0.15, -0.1) is 0 Å². The molecule has 384 valence electrons. The van der Waals surface area contributed by atoms with Crippen molar-refractivity contribution in [3.63, 3.8) is 0 Å². The molecule has 0 aromatic rings. The zero-order valence-corrected chi connectivity index (χ0v) is 39.8. The van der Waals surface area contributed by atoms with Gasteiger partial charge >= 0.3 is 11.9 Å². The lowest BCUT2D eigenvalue weighted by atomic mass is 10.0. The highest BCUT2D eigenvalue weighted by atomic mass is 16.4. The monoisotopic (exact) mass is 961 g/mol. The van der Waals surface area contributed by atoms with Crippen LogP contribution in [0.5, 0.6) is 0 Å². The second-order valence-corrected chi connectivity index (χ2v) is 17.8. The van der Waals surface area contributed by atoms with Crippen molar-refractivity contribution < 1.29 is 73.5 Å². The lowest BCUT2D eigenvalue weighted by Gasteiger charge is -2.29. The molecule has 0 aromatic carbocycles. The number of aliphatic carboxylic acids is 2. The first-order valence-corrected chi connectivity index (χ1v) is 22.4. The number of unbranched alkanes of at least 4 members (excludes halogenated alkanes) is 1. The molecule has 25 heteroatoms. The normalized spacial score (nSPS) is 15.8. The molecular weight excluding hydrogens is 885 g/mol. The molecule has 0 aliphatic heterocycles. The van der Waals surface area contributed by atoms with Gasteiger partial charge in [0.05, 0.1) is 24.9 Å². The summed E-state index contributed by atoms with van der Waals surface area (Å²) < 4.78 is 0. The van der Waals surface area contributed by atoms with E-state index in [1.165, 1.54) is 6.92 Å². The van der Waals surface area contributed by atoms with Crippen molar-refractivity contribution >= 4 is 59.2 Å². The van der Waals surface area contributed by atoms with Gasteiger partial charge in [0.1, 0.15) is 48.8 Å². The third-order valence-electron chi connectivity index (χ3n) is 9.96. The van der Waals surface area contributed by atoms with Gasteiger partial charge in [-0.2, -0.15) is 0 Å². The number of carboxylic acids is 2. The molecule has 0 saturated carbocycles. The molecule has 0 unspecified atom stereocenters. The van der Waals surface area contributed by atoms with Crippen LogP contribution in [0.2, 0.25) is 0 Å². The summed E-state index contributed by atoms with van der Waals surface area (Å²) in [5.74, 6) is -10.9. The molecule has 10 atom stereocenters. The molecule has 0 rings (SSSR count). The van der Waals surface area contributed by atoms with Crippen molar-refractivity contribution in [1.82, 2.24) is 42.5 Å². The van der Waals surface area contributed by atoms with Gasteiger partial charge in [-0.3, -0.25) is 47.9 Å². The van der Waals surface area contributed by atoms with Crippen LogP contribution >= 0.6 is 0 Å². The maximum atomic E-state index is 13.8. The lowest BCUT2D eigenvalue weighted by molar-refractivity contribution is -0.139. The highest BCUT2D eigenvalue weighted by Crippen LogP contribution is 2.11. The van der Waals surface area contributed by atoms with Crippen LogP contribution in [0.4, 0.5) is 0 Å². The quantitative estimate of drug-likeness (QED) is 0.0277. The second kappa shape index (κ2) is 31.5. The van der Waals surface area contributed by atoms with Crippen molar-refractivity contribution in [3.8, 4) is 0 Å². The van der Waals surface area contributed by atoms with Crippen LogP contribution in [-0.4, -0.2) is 165 Å². The number of carbonyl (C=O) groups excluding carboxylic acids is 8. The molecule has 25 nitrogen and oxygen atoms in total. The van der Waals surface area contributed by atoms with Gasteiger partial charge < -0.3 is 79.5 Å². The van der Waals surface area contributed by atoms with Crippen LogP contribution < -0.4 is 54.0 Å². The Bertz CT molecular complexity index is 1660. The fraction of sp³-hybridized carbons (Fsp3) is 0.762. The van der Waals surface area contributed by atoms with Crippen LogP contribution in [0.3, 0.4) is 0 Å². The predicted octanol–water partition coefficient (Wildman–Crippen LogP) is -4.21. The van der Waals surface area contributed by atoms with Crippen molar-refractivity contribution in [2.75, 3.05) is 19.7 Å². The van der Waals surface area contributed by atoms with Crippen molar-refractivity contribution in [2.24, 2.45) is 29.2 Å². The number of nitrogens with two attached hydrogens (primary N) is 2. The van der Waals surface area contributed by atoms with E-state index in [0.29, 0.717) is 6.42 Å². The Balaban J connectivity index is 6.40. The van der Waals surface area contributed by atoms with E-state index < -0.39 is 146 Å². The largest absolute Gasteiger partial charge is 0.481 e. The third kappa shape index (κ3) is 24.7. The Hall–Kier alpha value is -5.50. The molecule has 0 spiro atoms. The van der Waals surface area contributed by atoms with E-state index in [0.717, 1.165) is 6.92 Å². The highest BCUT2D eigenvalue weighted by Gasteiger charge is 2.36. The summed E-state index contributed by atoms with van der Waals surface area (Å²) in [5, 5.41) is 68.3. The van der Waals surface area contributed by atoms with Gasteiger partial charge in [0.2, 0.25) is 47.3 Å². The minimum atomic E-state index is -1.83.